The molecular weight excluding hydrogens is 324 g/mol. The van der Waals surface area contributed by atoms with Crippen molar-refractivity contribution in [2.45, 2.75) is 13.8 Å². The van der Waals surface area contributed by atoms with Gasteiger partial charge >= 0.3 is 0 Å². The van der Waals surface area contributed by atoms with E-state index in [4.69, 9.17) is 0 Å². The second kappa shape index (κ2) is 5.36. The van der Waals surface area contributed by atoms with Gasteiger partial charge in [-0.1, -0.05) is 12.1 Å². The van der Waals surface area contributed by atoms with Crippen molar-refractivity contribution in [2.24, 2.45) is 0 Å². The second-order valence-corrected chi connectivity index (χ2v) is 7.59. The van der Waals surface area contributed by atoms with Crippen LogP contribution in [0.3, 0.4) is 0 Å². The van der Waals surface area contributed by atoms with Crippen molar-refractivity contribution in [2.75, 3.05) is 0 Å². The molecule has 0 atom stereocenters. The Labute approximate surface area is 150 Å². The van der Waals surface area contributed by atoms with Crippen LogP contribution in [0.15, 0.2) is 73.1 Å². The molecule has 0 fully saturated rings. The van der Waals surface area contributed by atoms with E-state index in [1.807, 2.05) is 11.3 Å². The number of fused-ring (bicyclic) bond motifs is 2. The van der Waals surface area contributed by atoms with Crippen LogP contribution >= 0.6 is 11.3 Å². The van der Waals surface area contributed by atoms with Gasteiger partial charge in [-0.05, 0) is 73.5 Å². The van der Waals surface area contributed by atoms with Gasteiger partial charge in [0.15, 0.2) is 0 Å². The molecule has 5 aromatic heterocycles. The largest absolute Gasteiger partial charge is 0.316 e. The Kier molecular flexibility index (Phi) is 3.12. The van der Waals surface area contributed by atoms with Crippen molar-refractivity contribution in [1.29, 1.82) is 0 Å². The molecule has 2 nitrogen and oxygen atoms in total. The highest BCUT2D eigenvalue weighted by Crippen LogP contribution is 2.38. The summed E-state index contributed by atoms with van der Waals surface area (Å²) in [5.74, 6) is 0. The molecule has 0 radical (unpaired) electrons. The molecule has 0 amide bonds. The fraction of sp³-hybridized carbons (Fsp3) is 0.0909. The second-order valence-electron chi connectivity index (χ2n) is 6.51. The van der Waals surface area contributed by atoms with Crippen LogP contribution < -0.4 is 0 Å². The Bertz CT molecular complexity index is 1130. The van der Waals surface area contributed by atoms with E-state index in [-0.39, 0.29) is 0 Å². The topological polar surface area (TPSA) is 8.82 Å². The summed E-state index contributed by atoms with van der Waals surface area (Å²) >= 11 is 1.86. The monoisotopic (exact) mass is 342 g/mol. The molecular formula is C22H18N2S. The molecule has 122 valence electrons. The fourth-order valence-electron chi connectivity index (χ4n) is 3.73. The number of hydrogen-bond acceptors (Lipinski definition) is 1. The van der Waals surface area contributed by atoms with Gasteiger partial charge in [-0.15, -0.1) is 11.3 Å². The molecule has 0 aliphatic heterocycles. The number of hydrogen-bond donors (Lipinski definition) is 0. The highest BCUT2D eigenvalue weighted by atomic mass is 32.1. The zero-order valence-electron chi connectivity index (χ0n) is 14.2. The third-order valence-electron chi connectivity index (χ3n) is 4.81. The first kappa shape index (κ1) is 14.6. The SMILES string of the molecule is Cc1cc2ccccn2c1-c1ccc(-c2c(C)cc3ccccn23)s1. The summed E-state index contributed by atoms with van der Waals surface area (Å²) in [6.45, 7) is 4.39. The quantitative estimate of drug-likeness (QED) is 0.361. The average molecular weight is 342 g/mol. The molecule has 0 unspecified atom stereocenters. The van der Waals surface area contributed by atoms with Crippen molar-refractivity contribution in [3.05, 3.63) is 84.2 Å². The first-order valence-corrected chi connectivity index (χ1v) is 9.28. The maximum Gasteiger partial charge on any atom is 0.0657 e. The molecule has 5 heterocycles. The lowest BCUT2D eigenvalue weighted by atomic mass is 10.2. The van der Waals surface area contributed by atoms with Gasteiger partial charge in [0.05, 0.1) is 21.1 Å². The fourth-order valence-corrected chi connectivity index (χ4v) is 4.96. The summed E-state index contributed by atoms with van der Waals surface area (Å²) in [6.07, 6.45) is 4.30. The summed E-state index contributed by atoms with van der Waals surface area (Å²) < 4.78 is 4.57. The first-order chi connectivity index (χ1) is 12.2. The number of pyridine rings is 2. The number of aromatic nitrogens is 2. The third-order valence-corrected chi connectivity index (χ3v) is 5.91. The minimum atomic E-state index is 1.24. The van der Waals surface area contributed by atoms with Crippen molar-refractivity contribution in [3.63, 3.8) is 0 Å². The van der Waals surface area contributed by atoms with Gasteiger partial charge in [0.25, 0.3) is 0 Å². The summed E-state index contributed by atoms with van der Waals surface area (Å²) in [7, 11) is 0. The lowest BCUT2D eigenvalue weighted by Gasteiger charge is -2.03. The standard InChI is InChI=1S/C22H18N2S/c1-15-13-17-7-3-5-11-23(17)21(15)19-9-10-20(25-19)22-16(2)14-18-8-4-6-12-24(18)22/h3-14H,1-2H3. The van der Waals surface area contributed by atoms with Crippen LogP contribution in [0.5, 0.6) is 0 Å². The minimum Gasteiger partial charge on any atom is -0.316 e. The van der Waals surface area contributed by atoms with E-state index in [1.165, 1.54) is 43.3 Å². The van der Waals surface area contributed by atoms with Gasteiger partial charge in [0.1, 0.15) is 0 Å². The predicted octanol–water partition coefficient (Wildman–Crippen LogP) is 6.20. The summed E-state index contributed by atoms with van der Waals surface area (Å²) in [5.41, 5.74) is 7.71. The van der Waals surface area contributed by atoms with E-state index < -0.39 is 0 Å². The van der Waals surface area contributed by atoms with E-state index in [1.54, 1.807) is 0 Å². The molecule has 0 saturated heterocycles. The van der Waals surface area contributed by atoms with Gasteiger partial charge in [-0.3, -0.25) is 0 Å². The Morgan fingerprint density at radius 3 is 1.60 bits per heavy atom. The van der Waals surface area contributed by atoms with Gasteiger partial charge in [-0.2, -0.15) is 0 Å². The molecule has 5 aromatic rings. The number of rotatable bonds is 2. The van der Waals surface area contributed by atoms with Crippen LogP contribution in [-0.4, -0.2) is 8.80 Å². The molecule has 25 heavy (non-hydrogen) atoms. The normalized spacial score (nSPS) is 11.6. The van der Waals surface area contributed by atoms with Crippen molar-refractivity contribution < 1.29 is 0 Å². The van der Waals surface area contributed by atoms with Crippen LogP contribution in [0.4, 0.5) is 0 Å². The van der Waals surface area contributed by atoms with E-state index in [2.05, 4.69) is 95.7 Å². The zero-order chi connectivity index (χ0) is 17.0. The first-order valence-electron chi connectivity index (χ1n) is 8.46. The smallest absolute Gasteiger partial charge is 0.0657 e. The van der Waals surface area contributed by atoms with E-state index in [0.29, 0.717) is 0 Å². The Balaban J connectivity index is 1.71. The average Bonchev–Trinajstić information content (AvgIpc) is 3.27. The molecule has 0 saturated carbocycles. The maximum absolute atomic E-state index is 2.29. The number of nitrogens with zero attached hydrogens (tertiary/aromatic N) is 2. The highest BCUT2D eigenvalue weighted by Gasteiger charge is 2.15. The van der Waals surface area contributed by atoms with Crippen molar-refractivity contribution >= 4 is 22.4 Å². The maximum atomic E-state index is 2.29. The van der Waals surface area contributed by atoms with E-state index in [0.717, 1.165) is 0 Å². The van der Waals surface area contributed by atoms with Crippen LogP contribution in [0.1, 0.15) is 11.1 Å². The van der Waals surface area contributed by atoms with Crippen molar-refractivity contribution in [3.8, 4) is 21.1 Å². The molecule has 3 heteroatoms. The molecule has 0 aliphatic rings. The minimum absolute atomic E-state index is 1.24. The molecule has 0 N–H and O–H groups in total. The lowest BCUT2D eigenvalue weighted by molar-refractivity contribution is 1.20. The number of thiophene rings is 1. The molecule has 0 aromatic carbocycles. The third kappa shape index (κ3) is 2.16. The van der Waals surface area contributed by atoms with Crippen LogP contribution in [0.2, 0.25) is 0 Å². The van der Waals surface area contributed by atoms with Gasteiger partial charge in [0, 0.05) is 23.4 Å². The molecule has 0 spiro atoms. The summed E-state index contributed by atoms with van der Waals surface area (Å²) in [5, 5.41) is 0. The van der Waals surface area contributed by atoms with Gasteiger partial charge in [-0.25, -0.2) is 0 Å². The van der Waals surface area contributed by atoms with Gasteiger partial charge in [0.2, 0.25) is 0 Å². The predicted molar refractivity (Wildman–Crippen MR) is 107 cm³/mol. The van der Waals surface area contributed by atoms with Crippen LogP contribution in [0.25, 0.3) is 32.2 Å². The lowest BCUT2D eigenvalue weighted by Crippen LogP contribution is -1.86. The molecule has 0 bridgehead atoms. The van der Waals surface area contributed by atoms with Crippen LogP contribution in [-0.2, 0) is 0 Å². The Morgan fingerprint density at radius 2 is 1.12 bits per heavy atom. The van der Waals surface area contributed by atoms with E-state index >= 15 is 0 Å². The highest BCUT2D eigenvalue weighted by molar-refractivity contribution is 7.18. The Morgan fingerprint density at radius 1 is 0.640 bits per heavy atom. The van der Waals surface area contributed by atoms with E-state index in [9.17, 15) is 0 Å². The van der Waals surface area contributed by atoms with Crippen molar-refractivity contribution in [1.82, 2.24) is 8.80 Å². The summed E-state index contributed by atoms with van der Waals surface area (Å²) in [4.78, 5) is 2.62. The van der Waals surface area contributed by atoms with Gasteiger partial charge < -0.3 is 8.80 Å². The van der Waals surface area contributed by atoms with Crippen LogP contribution in [0, 0.1) is 13.8 Å². The zero-order valence-corrected chi connectivity index (χ0v) is 15.0. The molecule has 0 aliphatic carbocycles. The number of aryl methyl sites for hydroxylation is 2. The Hall–Kier alpha value is -2.78. The summed E-state index contributed by atoms with van der Waals surface area (Å²) in [6, 6.07) is 21.7. The molecule has 5 rings (SSSR count).